The monoisotopic (exact) mass is 242 g/mol. The summed E-state index contributed by atoms with van der Waals surface area (Å²) in [6.45, 7) is 4.73. The minimum atomic E-state index is 0.573. The average Bonchev–Trinajstić information content (AvgIpc) is 2.49. The Balaban J connectivity index is 2.22. The van der Waals surface area contributed by atoms with Crippen molar-refractivity contribution in [1.29, 1.82) is 0 Å². The molecule has 0 amide bonds. The first-order valence-electron chi connectivity index (χ1n) is 5.45. The van der Waals surface area contributed by atoms with E-state index in [0.717, 1.165) is 28.0 Å². The quantitative estimate of drug-likeness (QED) is 0.670. The molecule has 1 aliphatic heterocycles. The van der Waals surface area contributed by atoms with E-state index >= 15 is 0 Å². The maximum atomic E-state index is 6.03. The van der Waals surface area contributed by atoms with Gasteiger partial charge in [0.15, 0.2) is 0 Å². The lowest BCUT2D eigenvalue weighted by molar-refractivity contribution is 0.307. The van der Waals surface area contributed by atoms with Gasteiger partial charge in [0, 0.05) is 10.6 Å². The van der Waals surface area contributed by atoms with Crippen molar-refractivity contribution in [2.75, 3.05) is 0 Å². The summed E-state index contributed by atoms with van der Waals surface area (Å²) in [7, 11) is 0. The molecule has 0 spiro atoms. The van der Waals surface area contributed by atoms with Crippen LogP contribution in [0.15, 0.2) is 49.0 Å². The van der Waals surface area contributed by atoms with E-state index in [1.807, 2.05) is 30.3 Å². The van der Waals surface area contributed by atoms with E-state index in [4.69, 9.17) is 16.3 Å². The topological polar surface area (TPSA) is 9.23 Å². The normalized spacial score (nSPS) is 13.4. The minimum Gasteiger partial charge on any atom is -0.488 e. The van der Waals surface area contributed by atoms with Gasteiger partial charge in [0.1, 0.15) is 12.4 Å². The van der Waals surface area contributed by atoms with Crippen molar-refractivity contribution >= 4 is 17.2 Å². The zero-order valence-electron chi connectivity index (χ0n) is 9.24. The Morgan fingerprint density at radius 3 is 2.76 bits per heavy atom. The highest BCUT2D eigenvalue weighted by molar-refractivity contribution is 6.30. The molecule has 1 aliphatic rings. The molecule has 0 saturated carbocycles. The fraction of sp³-hybridized carbons (Fsp3) is 0.0667. The average molecular weight is 243 g/mol. The van der Waals surface area contributed by atoms with Crippen molar-refractivity contribution in [3.05, 3.63) is 70.8 Å². The molecule has 17 heavy (non-hydrogen) atoms. The molecule has 0 fully saturated rings. The first-order chi connectivity index (χ1) is 8.25. The van der Waals surface area contributed by atoms with E-state index in [1.165, 1.54) is 0 Å². The summed E-state index contributed by atoms with van der Waals surface area (Å²) in [5, 5.41) is 0.702. The van der Waals surface area contributed by atoms with E-state index < -0.39 is 0 Å². The van der Waals surface area contributed by atoms with Gasteiger partial charge in [-0.2, -0.15) is 0 Å². The van der Waals surface area contributed by atoms with Gasteiger partial charge >= 0.3 is 0 Å². The van der Waals surface area contributed by atoms with Crippen LogP contribution >= 0.6 is 11.6 Å². The second kappa shape index (κ2) is 3.94. The molecule has 0 bridgehead atoms. The number of hydrogen-bond acceptors (Lipinski definition) is 1. The van der Waals surface area contributed by atoms with Crippen LogP contribution < -0.4 is 4.74 Å². The minimum absolute atomic E-state index is 0.573. The number of benzene rings is 2. The van der Waals surface area contributed by atoms with Crippen molar-refractivity contribution < 1.29 is 4.74 Å². The van der Waals surface area contributed by atoms with Crippen molar-refractivity contribution in [2.45, 2.75) is 6.61 Å². The molecule has 0 atom stereocenters. The van der Waals surface area contributed by atoms with Gasteiger partial charge in [-0.15, -0.1) is 0 Å². The number of halogens is 1. The summed E-state index contributed by atoms with van der Waals surface area (Å²) < 4.78 is 5.78. The van der Waals surface area contributed by atoms with Gasteiger partial charge in [0.05, 0.1) is 0 Å². The highest BCUT2D eigenvalue weighted by Gasteiger charge is 2.17. The molecule has 0 radical (unpaired) electrons. The summed E-state index contributed by atoms with van der Waals surface area (Å²) in [5.41, 5.74) is 4.23. The summed E-state index contributed by atoms with van der Waals surface area (Å²) in [5.74, 6) is 0.843. The predicted octanol–water partition coefficient (Wildman–Crippen LogP) is 4.29. The van der Waals surface area contributed by atoms with Crippen molar-refractivity contribution in [3.8, 4) is 5.75 Å². The van der Waals surface area contributed by atoms with Gasteiger partial charge in [-0.1, -0.05) is 42.4 Å². The Labute approximate surface area is 105 Å². The SMILES string of the molecule is C=C1c2ccccc2COc2ccc(Cl)cc21. The summed E-state index contributed by atoms with van der Waals surface area (Å²) in [4.78, 5) is 0. The Morgan fingerprint density at radius 2 is 1.88 bits per heavy atom. The Morgan fingerprint density at radius 1 is 1.06 bits per heavy atom. The summed E-state index contributed by atoms with van der Waals surface area (Å²) in [6.07, 6.45) is 0. The smallest absolute Gasteiger partial charge is 0.127 e. The summed E-state index contributed by atoms with van der Waals surface area (Å²) in [6, 6.07) is 13.8. The summed E-state index contributed by atoms with van der Waals surface area (Å²) >= 11 is 6.03. The molecular formula is C15H11ClO. The largest absolute Gasteiger partial charge is 0.488 e. The van der Waals surface area contributed by atoms with Crippen molar-refractivity contribution in [2.24, 2.45) is 0 Å². The number of rotatable bonds is 0. The van der Waals surface area contributed by atoms with E-state index in [9.17, 15) is 0 Å². The molecule has 84 valence electrons. The van der Waals surface area contributed by atoms with Crippen molar-refractivity contribution in [1.82, 2.24) is 0 Å². The molecule has 0 unspecified atom stereocenters. The predicted molar refractivity (Wildman–Crippen MR) is 70.4 cm³/mol. The lowest BCUT2D eigenvalue weighted by Gasteiger charge is -2.08. The van der Waals surface area contributed by atoms with E-state index in [2.05, 4.69) is 18.7 Å². The van der Waals surface area contributed by atoms with Crippen LogP contribution in [0, 0.1) is 0 Å². The van der Waals surface area contributed by atoms with Gasteiger partial charge < -0.3 is 4.74 Å². The second-order valence-corrected chi connectivity index (χ2v) is 4.50. The fourth-order valence-corrected chi connectivity index (χ4v) is 2.28. The lowest BCUT2D eigenvalue weighted by Crippen LogP contribution is -1.94. The molecule has 0 N–H and O–H groups in total. The molecule has 3 rings (SSSR count). The van der Waals surface area contributed by atoms with Crippen LogP contribution in [0.25, 0.3) is 5.57 Å². The van der Waals surface area contributed by atoms with E-state index in [0.29, 0.717) is 11.6 Å². The maximum absolute atomic E-state index is 6.03. The Bertz CT molecular complexity index is 602. The van der Waals surface area contributed by atoms with Gasteiger partial charge in [-0.05, 0) is 34.9 Å². The number of ether oxygens (including phenoxy) is 1. The second-order valence-electron chi connectivity index (χ2n) is 4.06. The molecule has 2 aromatic carbocycles. The highest BCUT2D eigenvalue weighted by Crippen LogP contribution is 2.36. The van der Waals surface area contributed by atoms with Crippen LogP contribution in [0.2, 0.25) is 5.02 Å². The van der Waals surface area contributed by atoms with Crippen molar-refractivity contribution in [3.63, 3.8) is 0 Å². The number of hydrogen-bond donors (Lipinski definition) is 0. The van der Waals surface area contributed by atoms with Crippen LogP contribution in [-0.4, -0.2) is 0 Å². The third kappa shape index (κ3) is 1.73. The van der Waals surface area contributed by atoms with Crippen LogP contribution in [0.4, 0.5) is 0 Å². The molecule has 0 aromatic heterocycles. The molecule has 1 nitrogen and oxygen atoms in total. The van der Waals surface area contributed by atoms with Crippen LogP contribution in [0.1, 0.15) is 16.7 Å². The van der Waals surface area contributed by atoms with Crippen LogP contribution in [-0.2, 0) is 6.61 Å². The first kappa shape index (κ1) is 10.4. The molecule has 0 saturated heterocycles. The third-order valence-corrected chi connectivity index (χ3v) is 3.23. The number of fused-ring (bicyclic) bond motifs is 2. The molecule has 1 heterocycles. The Kier molecular flexibility index (Phi) is 2.41. The Hall–Kier alpha value is -1.73. The van der Waals surface area contributed by atoms with E-state index in [-0.39, 0.29) is 0 Å². The maximum Gasteiger partial charge on any atom is 0.127 e. The van der Waals surface area contributed by atoms with Gasteiger partial charge in [-0.25, -0.2) is 0 Å². The molecule has 0 aliphatic carbocycles. The fourth-order valence-electron chi connectivity index (χ4n) is 2.11. The first-order valence-corrected chi connectivity index (χ1v) is 5.83. The molecular weight excluding hydrogens is 232 g/mol. The zero-order valence-corrected chi connectivity index (χ0v) is 10.00. The molecule has 2 heteroatoms. The lowest BCUT2D eigenvalue weighted by atomic mass is 9.96. The van der Waals surface area contributed by atoms with E-state index in [1.54, 1.807) is 0 Å². The van der Waals surface area contributed by atoms with Crippen LogP contribution in [0.3, 0.4) is 0 Å². The third-order valence-electron chi connectivity index (χ3n) is 2.99. The molecule has 2 aromatic rings. The zero-order chi connectivity index (χ0) is 11.8. The van der Waals surface area contributed by atoms with Gasteiger partial charge in [-0.3, -0.25) is 0 Å². The van der Waals surface area contributed by atoms with Gasteiger partial charge in [0.25, 0.3) is 0 Å². The highest BCUT2D eigenvalue weighted by atomic mass is 35.5. The standard InChI is InChI=1S/C15H11ClO/c1-10-13-5-3-2-4-11(13)9-17-15-7-6-12(16)8-14(10)15/h2-8H,1,9H2. The van der Waals surface area contributed by atoms with Gasteiger partial charge in [0.2, 0.25) is 0 Å². The van der Waals surface area contributed by atoms with Crippen LogP contribution in [0.5, 0.6) is 5.75 Å².